The van der Waals surface area contributed by atoms with Crippen LogP contribution in [0.5, 0.6) is 0 Å². The second-order valence-electron chi connectivity index (χ2n) is 3.44. The number of hydrogen-bond donors (Lipinski definition) is 0. The molecule has 14 heavy (non-hydrogen) atoms. The van der Waals surface area contributed by atoms with Crippen LogP contribution in [0.3, 0.4) is 0 Å². The summed E-state index contributed by atoms with van der Waals surface area (Å²) < 4.78 is 10.1. The number of oxazole rings is 1. The van der Waals surface area contributed by atoms with E-state index in [0.29, 0.717) is 24.2 Å². The van der Waals surface area contributed by atoms with E-state index in [1.54, 1.807) is 13.8 Å². The van der Waals surface area contributed by atoms with Crippen molar-refractivity contribution in [2.45, 2.75) is 32.6 Å². The Morgan fingerprint density at radius 2 is 2.36 bits per heavy atom. The molecule has 0 atom stereocenters. The molecular weight excluding hydrogens is 182 g/mol. The largest absolute Gasteiger partial charge is 0.460 e. The Morgan fingerprint density at radius 1 is 1.64 bits per heavy atom. The van der Waals surface area contributed by atoms with Crippen molar-refractivity contribution < 1.29 is 13.9 Å². The zero-order valence-corrected chi connectivity index (χ0v) is 8.37. The van der Waals surface area contributed by atoms with Gasteiger partial charge < -0.3 is 9.15 Å². The standard InChI is InChI=1S/C10H13NO3/c1-3-13-10(12)9-8(7-4-5-7)11-6(2)14-9/h7H,3-5H2,1-2H3. The SMILES string of the molecule is CCOC(=O)c1oc(C)nc1C1CC1. The van der Waals surface area contributed by atoms with Gasteiger partial charge in [-0.15, -0.1) is 0 Å². The number of aryl methyl sites for hydroxylation is 1. The lowest BCUT2D eigenvalue weighted by molar-refractivity contribution is 0.0487. The summed E-state index contributed by atoms with van der Waals surface area (Å²) in [5.74, 6) is 0.851. The van der Waals surface area contributed by atoms with Gasteiger partial charge in [-0.05, 0) is 19.8 Å². The molecular formula is C10H13NO3. The van der Waals surface area contributed by atoms with Crippen molar-refractivity contribution in [3.8, 4) is 0 Å². The van der Waals surface area contributed by atoms with Crippen LogP contribution in [0.1, 0.15) is 47.8 Å². The second-order valence-corrected chi connectivity index (χ2v) is 3.44. The van der Waals surface area contributed by atoms with Crippen molar-refractivity contribution in [1.82, 2.24) is 4.98 Å². The normalized spacial score (nSPS) is 15.6. The number of carbonyl (C=O) groups excluding carboxylic acids is 1. The summed E-state index contributed by atoms with van der Waals surface area (Å²) >= 11 is 0. The van der Waals surface area contributed by atoms with Crippen molar-refractivity contribution in [3.63, 3.8) is 0 Å². The number of ether oxygens (including phenoxy) is 1. The van der Waals surface area contributed by atoms with Crippen molar-refractivity contribution in [2.24, 2.45) is 0 Å². The third-order valence-electron chi connectivity index (χ3n) is 2.19. The molecule has 1 saturated carbocycles. The molecule has 1 fully saturated rings. The molecule has 1 aliphatic carbocycles. The minimum absolute atomic E-state index is 0.298. The van der Waals surface area contributed by atoms with Crippen LogP contribution < -0.4 is 0 Å². The van der Waals surface area contributed by atoms with Gasteiger partial charge in [0.05, 0.1) is 12.3 Å². The predicted molar refractivity (Wildman–Crippen MR) is 49.2 cm³/mol. The Bertz CT molecular complexity index is 352. The van der Waals surface area contributed by atoms with E-state index in [0.717, 1.165) is 18.5 Å². The quantitative estimate of drug-likeness (QED) is 0.692. The topological polar surface area (TPSA) is 52.3 Å². The molecule has 0 saturated heterocycles. The van der Waals surface area contributed by atoms with Gasteiger partial charge in [0.2, 0.25) is 5.76 Å². The summed E-state index contributed by atoms with van der Waals surface area (Å²) in [6.45, 7) is 3.88. The van der Waals surface area contributed by atoms with Crippen LogP contribution in [0.15, 0.2) is 4.42 Å². The van der Waals surface area contributed by atoms with Gasteiger partial charge in [-0.3, -0.25) is 0 Å². The third kappa shape index (κ3) is 1.64. The molecule has 0 N–H and O–H groups in total. The van der Waals surface area contributed by atoms with Gasteiger partial charge in [-0.25, -0.2) is 9.78 Å². The Kier molecular flexibility index (Phi) is 2.27. The van der Waals surface area contributed by atoms with Crippen LogP contribution in [0.2, 0.25) is 0 Å². The molecule has 0 unspecified atom stereocenters. The van der Waals surface area contributed by atoms with E-state index in [4.69, 9.17) is 9.15 Å². The zero-order valence-electron chi connectivity index (χ0n) is 8.37. The average Bonchev–Trinajstić information content (AvgIpc) is 2.90. The lowest BCUT2D eigenvalue weighted by Gasteiger charge is -1.98. The third-order valence-corrected chi connectivity index (χ3v) is 2.19. The van der Waals surface area contributed by atoms with Crippen LogP contribution >= 0.6 is 0 Å². The van der Waals surface area contributed by atoms with Gasteiger partial charge in [0, 0.05) is 12.8 Å². The molecule has 0 aliphatic heterocycles. The maximum Gasteiger partial charge on any atom is 0.376 e. The van der Waals surface area contributed by atoms with E-state index >= 15 is 0 Å². The molecule has 1 aliphatic rings. The highest BCUT2D eigenvalue weighted by atomic mass is 16.5. The first-order valence-electron chi connectivity index (χ1n) is 4.86. The minimum Gasteiger partial charge on any atom is -0.460 e. The molecule has 1 aromatic heterocycles. The van der Waals surface area contributed by atoms with E-state index in [1.807, 2.05) is 0 Å². The van der Waals surface area contributed by atoms with Crippen LogP contribution in [0, 0.1) is 6.92 Å². The number of hydrogen-bond acceptors (Lipinski definition) is 4. The summed E-state index contributed by atoms with van der Waals surface area (Å²) in [6.07, 6.45) is 2.19. The van der Waals surface area contributed by atoms with Crippen molar-refractivity contribution in [2.75, 3.05) is 6.61 Å². The second kappa shape index (κ2) is 3.44. The molecule has 2 rings (SSSR count). The van der Waals surface area contributed by atoms with Gasteiger partial charge in [0.25, 0.3) is 0 Å². The fraction of sp³-hybridized carbons (Fsp3) is 0.600. The molecule has 0 bridgehead atoms. The number of aromatic nitrogens is 1. The Labute approximate surface area is 82.3 Å². The summed E-state index contributed by atoms with van der Waals surface area (Å²) in [5.41, 5.74) is 0.779. The lowest BCUT2D eigenvalue weighted by atomic mass is 10.2. The van der Waals surface area contributed by atoms with Crippen molar-refractivity contribution >= 4 is 5.97 Å². The van der Waals surface area contributed by atoms with E-state index in [9.17, 15) is 4.79 Å². The van der Waals surface area contributed by atoms with Gasteiger partial charge in [0.15, 0.2) is 5.89 Å². The highest BCUT2D eigenvalue weighted by Crippen LogP contribution is 2.41. The van der Waals surface area contributed by atoms with Gasteiger partial charge in [-0.1, -0.05) is 0 Å². The van der Waals surface area contributed by atoms with E-state index in [2.05, 4.69) is 4.98 Å². The monoisotopic (exact) mass is 195 g/mol. The summed E-state index contributed by atoms with van der Waals surface area (Å²) in [7, 11) is 0. The van der Waals surface area contributed by atoms with Gasteiger partial charge in [-0.2, -0.15) is 0 Å². The lowest BCUT2D eigenvalue weighted by Crippen LogP contribution is -2.05. The smallest absolute Gasteiger partial charge is 0.376 e. The van der Waals surface area contributed by atoms with Crippen molar-refractivity contribution in [3.05, 3.63) is 17.3 Å². The molecule has 1 aromatic rings. The van der Waals surface area contributed by atoms with Crippen LogP contribution in [-0.2, 0) is 4.74 Å². The van der Waals surface area contributed by atoms with Gasteiger partial charge >= 0.3 is 5.97 Å². The van der Waals surface area contributed by atoms with E-state index < -0.39 is 5.97 Å². The average molecular weight is 195 g/mol. The summed E-state index contributed by atoms with van der Waals surface area (Å²) in [5, 5.41) is 0. The Hall–Kier alpha value is -1.32. The fourth-order valence-electron chi connectivity index (χ4n) is 1.42. The molecule has 4 nitrogen and oxygen atoms in total. The van der Waals surface area contributed by atoms with Crippen molar-refractivity contribution in [1.29, 1.82) is 0 Å². The first kappa shape index (κ1) is 9.24. The molecule has 0 spiro atoms. The molecule has 0 aromatic carbocycles. The number of carbonyl (C=O) groups is 1. The highest BCUT2D eigenvalue weighted by Gasteiger charge is 2.33. The Balaban J connectivity index is 2.26. The molecule has 0 amide bonds. The first-order valence-corrected chi connectivity index (χ1v) is 4.86. The maximum absolute atomic E-state index is 11.5. The van der Waals surface area contributed by atoms with Gasteiger partial charge in [0.1, 0.15) is 0 Å². The molecule has 4 heteroatoms. The Morgan fingerprint density at radius 3 is 2.93 bits per heavy atom. The summed E-state index contributed by atoms with van der Waals surface area (Å²) in [6, 6.07) is 0. The molecule has 1 heterocycles. The maximum atomic E-state index is 11.5. The summed E-state index contributed by atoms with van der Waals surface area (Å²) in [4.78, 5) is 15.7. The van der Waals surface area contributed by atoms with Crippen LogP contribution in [0.25, 0.3) is 0 Å². The van der Waals surface area contributed by atoms with E-state index in [1.165, 1.54) is 0 Å². The van der Waals surface area contributed by atoms with Crippen LogP contribution in [0.4, 0.5) is 0 Å². The molecule has 0 radical (unpaired) electrons. The zero-order chi connectivity index (χ0) is 10.1. The number of esters is 1. The fourth-order valence-corrected chi connectivity index (χ4v) is 1.42. The van der Waals surface area contributed by atoms with Crippen LogP contribution in [-0.4, -0.2) is 17.6 Å². The highest BCUT2D eigenvalue weighted by molar-refractivity contribution is 5.87. The number of nitrogens with zero attached hydrogens (tertiary/aromatic N) is 1. The predicted octanol–water partition coefficient (Wildman–Crippen LogP) is 2.04. The minimum atomic E-state index is -0.394. The first-order chi connectivity index (χ1) is 6.72. The van der Waals surface area contributed by atoms with E-state index in [-0.39, 0.29) is 0 Å². The number of rotatable bonds is 3. The molecule has 76 valence electrons.